The van der Waals surface area contributed by atoms with Gasteiger partial charge in [0, 0.05) is 49.6 Å². The van der Waals surface area contributed by atoms with Crippen LogP contribution in [0.5, 0.6) is 34.9 Å². The molecule has 0 aliphatic carbocycles. The summed E-state index contributed by atoms with van der Waals surface area (Å²) in [6, 6.07) is 17.2. The van der Waals surface area contributed by atoms with Crippen molar-refractivity contribution >= 4 is 84.9 Å². The first kappa shape index (κ1) is 68.6. The zero-order valence-electron chi connectivity index (χ0n) is 47.2. The summed E-state index contributed by atoms with van der Waals surface area (Å²) in [6.07, 6.45) is 12.0. The summed E-state index contributed by atoms with van der Waals surface area (Å²) in [4.78, 5) is 66.7. The molecule has 9 heterocycles. The Bertz CT molecular complexity index is 3860. The molecule has 8 aromatic rings. The van der Waals surface area contributed by atoms with Gasteiger partial charge in [0.25, 0.3) is 0 Å². The molecule has 0 atom stereocenters. The number of amides is 1. The molecule has 1 saturated heterocycles. The summed E-state index contributed by atoms with van der Waals surface area (Å²) < 4.78 is 87.8. The van der Waals surface area contributed by atoms with Crippen molar-refractivity contribution < 1.29 is 75.5 Å². The number of imidazole rings is 2. The number of H-pyrrole nitrogens is 2. The molecule has 5 aromatic heterocycles. The number of ether oxygens (including phenoxy) is 8. The number of nitrogens with two attached hydrogens (primary N) is 3. The molecule has 25 nitrogen and oxygen atoms in total. The number of pyridine rings is 3. The fourth-order valence-corrected chi connectivity index (χ4v) is 8.89. The van der Waals surface area contributed by atoms with Crippen LogP contribution in [-0.4, -0.2) is 105 Å². The van der Waals surface area contributed by atoms with Gasteiger partial charge in [0.05, 0.1) is 42.2 Å². The first-order valence-electron chi connectivity index (χ1n) is 27.0. The monoisotopic (exact) mass is 1340 g/mol. The van der Waals surface area contributed by atoms with Crippen molar-refractivity contribution in [1.82, 2.24) is 34.1 Å². The molecule has 0 unspecified atom stereocenters. The van der Waals surface area contributed by atoms with Gasteiger partial charge in [0.2, 0.25) is 23.5 Å². The number of halogens is 6. The van der Waals surface area contributed by atoms with Crippen molar-refractivity contribution in [2.45, 2.75) is 46.8 Å². The molecule has 0 saturated carbocycles. The molecular formula is C58H61Cl3F3N12O13Ti. The van der Waals surface area contributed by atoms with Gasteiger partial charge in [-0.3, -0.25) is 24.1 Å². The van der Waals surface area contributed by atoms with Crippen LogP contribution in [0.15, 0.2) is 119 Å². The zero-order chi connectivity index (χ0) is 63.6. The Hall–Kier alpha value is -8.93. The fraction of sp³-hybridized carbons (Fsp3) is 0.276. The fourth-order valence-electron chi connectivity index (χ4n) is 8.89. The zero-order valence-corrected chi connectivity index (χ0v) is 51.1. The first-order chi connectivity index (χ1) is 42.8. The minimum absolute atomic E-state index is 0. The third-order valence-electron chi connectivity index (χ3n) is 12.6. The second-order valence-electron chi connectivity index (χ2n) is 19.0. The quantitative estimate of drug-likeness (QED) is 0.0465. The van der Waals surface area contributed by atoms with Crippen molar-refractivity contribution in [2.75, 3.05) is 81.6 Å². The van der Waals surface area contributed by atoms with Crippen molar-refractivity contribution in [2.24, 2.45) is 0 Å². The predicted octanol–water partition coefficient (Wildman–Crippen LogP) is 10.3. The molecule has 32 heteroatoms. The van der Waals surface area contributed by atoms with Gasteiger partial charge in [-0.1, -0.05) is 7.43 Å². The summed E-state index contributed by atoms with van der Waals surface area (Å²) in [5.41, 5.74) is 19.6. The van der Waals surface area contributed by atoms with E-state index < -0.39 is 54.7 Å². The van der Waals surface area contributed by atoms with Crippen LogP contribution in [0.25, 0.3) is 22.1 Å². The Morgan fingerprint density at radius 1 is 0.600 bits per heavy atom. The number of nitrogen functional groups attached to an aromatic ring is 3. The molecule has 1 fully saturated rings. The Kier molecular flexibility index (Phi) is 25.2. The van der Waals surface area contributed by atoms with Crippen molar-refractivity contribution in [3.05, 3.63) is 174 Å². The standard InChI is InChI=1S/C19H19FN4O6.2C17H15FN4O3.C4H8O.CH4.3ClH.Ti/c1-2-28-19(25)23-11-12-7-13(20)9-14(8-12)29-5-3-4-6-30-16-10-15(23)17(24(26)27)18(21)22-16;2*18-11-5-10-6-12(7-11)24-3-1-2-4-25-14-8-13-15(16(19)20-14)21-17(23)22(13)9-10;1-2-4-5-3-1;;;;;/h3-4,7-10H,2,5-6,11H2,1H3,(H2,21,22);2*1-2,5-8H,3-4,9H2,(H2,19,20)(H,21,23);1-4H2;1H4;3*1H;/q;;;;;;;;+3/p-3/b4-3+;2*2-1+;;;;;;. The summed E-state index contributed by atoms with van der Waals surface area (Å²) in [5, 5.41) is 11.6. The summed E-state index contributed by atoms with van der Waals surface area (Å²) >= 11 is -1.92. The van der Waals surface area contributed by atoms with Gasteiger partial charge < -0.3 is 65.1 Å². The molecule has 3 aromatic carbocycles. The molecule has 8 N–H and O–H groups in total. The van der Waals surface area contributed by atoms with E-state index in [9.17, 15) is 37.7 Å². The number of aromatic nitrogens is 7. The van der Waals surface area contributed by atoms with Gasteiger partial charge in [-0.05, 0) is 109 Å². The van der Waals surface area contributed by atoms with E-state index in [0.29, 0.717) is 62.0 Å². The molecular weight excluding hydrogens is 1280 g/mol. The average molecular weight is 1350 g/mol. The molecule has 4 aliphatic rings. The van der Waals surface area contributed by atoms with Crippen LogP contribution >= 0.6 is 27.9 Å². The molecule has 12 bridgehead atoms. The third-order valence-corrected chi connectivity index (χ3v) is 12.6. The van der Waals surface area contributed by atoms with Crippen LogP contribution in [0.1, 0.15) is 43.9 Å². The number of nitro groups is 1. The second-order valence-corrected chi connectivity index (χ2v) is 26.7. The number of anilines is 4. The molecule has 477 valence electrons. The van der Waals surface area contributed by atoms with Gasteiger partial charge in [-0.25, -0.2) is 27.6 Å². The first-order valence-corrected chi connectivity index (χ1v) is 33.5. The van der Waals surface area contributed by atoms with Crippen molar-refractivity contribution in [3.8, 4) is 34.9 Å². The van der Waals surface area contributed by atoms with Gasteiger partial charge in [0.15, 0.2) is 11.6 Å². The predicted molar refractivity (Wildman–Crippen MR) is 330 cm³/mol. The number of nitrogens with zero attached hydrogens (tertiary/aromatic N) is 7. The van der Waals surface area contributed by atoms with E-state index >= 15 is 0 Å². The van der Waals surface area contributed by atoms with E-state index in [0.717, 1.165) is 18.1 Å². The minimum atomic E-state index is -1.92. The van der Waals surface area contributed by atoms with Gasteiger partial charge in [0.1, 0.15) is 91.1 Å². The molecule has 1 amide bonds. The topological polar surface area (TPSA) is 330 Å². The molecule has 90 heavy (non-hydrogen) atoms. The number of carbonyl (C=O) groups excluding carboxylic acids is 1. The number of benzene rings is 3. The summed E-state index contributed by atoms with van der Waals surface area (Å²) in [7, 11) is 14.9. The van der Waals surface area contributed by atoms with E-state index in [2.05, 4.69) is 24.9 Å². The number of hydrogen-bond acceptors (Lipinski definition) is 19. The van der Waals surface area contributed by atoms with Crippen LogP contribution < -0.4 is 61.9 Å². The van der Waals surface area contributed by atoms with Crippen LogP contribution in [0, 0.1) is 27.6 Å². The van der Waals surface area contributed by atoms with Gasteiger partial charge in [-0.15, -0.1) is 0 Å². The molecule has 0 radical (unpaired) electrons. The van der Waals surface area contributed by atoms with E-state index in [1.807, 2.05) is 0 Å². The Morgan fingerprint density at radius 3 is 1.33 bits per heavy atom. The molecule has 0 spiro atoms. The summed E-state index contributed by atoms with van der Waals surface area (Å²) in [5.74, 6) is 0.0798. The van der Waals surface area contributed by atoms with E-state index in [1.54, 1.807) is 67.6 Å². The third kappa shape index (κ3) is 19.3. The van der Waals surface area contributed by atoms with Crippen LogP contribution in [0.2, 0.25) is 0 Å². The molecule has 4 aliphatic heterocycles. The maximum atomic E-state index is 14.1. The number of carbonyl (C=O) groups is 1. The number of fused-ring (bicyclic) bond motifs is 10. The summed E-state index contributed by atoms with van der Waals surface area (Å²) in [6.45, 7) is 5.00. The Morgan fingerprint density at radius 2 is 0.967 bits per heavy atom. The van der Waals surface area contributed by atoms with E-state index in [4.69, 9.17) is 83.0 Å². The number of rotatable bonds is 2. The number of nitrogens with one attached hydrogen (secondary N) is 2. The molecule has 12 rings (SSSR count). The maximum absolute atomic E-state index is 14.1. The van der Waals surface area contributed by atoms with Crippen LogP contribution in [-0.2, 0) is 43.8 Å². The number of hydrogen-bond donors (Lipinski definition) is 5. The van der Waals surface area contributed by atoms with E-state index in [1.165, 1.54) is 70.5 Å². The van der Waals surface area contributed by atoms with Crippen molar-refractivity contribution in [3.63, 3.8) is 0 Å². The SMILES string of the molecule is C.C1CCOC1.CCOC(=O)N1Cc2cc(F)cc(c2)OC/C=C/COc2cc1c([N+](=O)[O-])c(N)n2.Nc1nc2cc3c1[nH]c(=O)n3Cc1cc(F)cc(c1)OC/C=C/CO2.Nc1nc2cc3c1[nH]c(=O)n3Cc1cc(F)cc(c1)OC/C=C/CO2.[Cl][Ti]([Cl])[Cl]. The normalized spacial score (nSPS) is 15.1. The van der Waals surface area contributed by atoms with Gasteiger partial charge >= 0.3 is 65.8 Å². The number of aromatic amines is 2. The van der Waals surface area contributed by atoms with Crippen LogP contribution in [0.4, 0.5) is 46.8 Å². The Labute approximate surface area is 529 Å². The second kappa shape index (κ2) is 33.1. The average Bonchev–Trinajstić information content (AvgIpc) is 1.65. The van der Waals surface area contributed by atoms with Gasteiger partial charge in [-0.2, -0.15) is 15.0 Å². The van der Waals surface area contributed by atoms with Crippen molar-refractivity contribution in [1.29, 1.82) is 0 Å². The van der Waals surface area contributed by atoms with E-state index in [-0.39, 0.29) is 114 Å². The van der Waals surface area contributed by atoms with Crippen LogP contribution in [0.3, 0.4) is 0 Å². The Balaban J connectivity index is 0.000000179.